The Morgan fingerprint density at radius 3 is 2.04 bits per heavy atom. The fraction of sp³-hybridized carbons (Fsp3) is 0.467. The first-order valence-corrected chi connectivity index (χ1v) is 6.85. The second-order valence-corrected chi connectivity index (χ2v) is 6.03. The second kappa shape index (κ2) is 8.23. The lowest BCUT2D eigenvalue weighted by molar-refractivity contribution is -0.149. The van der Waals surface area contributed by atoms with E-state index < -0.39 is 28.8 Å². The van der Waals surface area contributed by atoms with Crippen molar-refractivity contribution in [2.24, 2.45) is 16.9 Å². The van der Waals surface area contributed by atoms with Gasteiger partial charge in [-0.1, -0.05) is 20.8 Å². The molecule has 1 amide bonds. The Morgan fingerprint density at radius 1 is 1.22 bits per heavy atom. The van der Waals surface area contributed by atoms with Crippen LogP contribution in [0.5, 0.6) is 0 Å². The number of nitrogens with zero attached hydrogens (tertiary/aromatic N) is 1. The van der Waals surface area contributed by atoms with Crippen molar-refractivity contribution in [3.05, 3.63) is 30.1 Å². The summed E-state index contributed by atoms with van der Waals surface area (Å²) < 4.78 is 0. The molecule has 0 saturated heterocycles. The van der Waals surface area contributed by atoms with Crippen LogP contribution >= 0.6 is 0 Å². The molecular formula is C15H23N3O5. The molecule has 0 aliphatic rings. The molecule has 0 aliphatic carbocycles. The van der Waals surface area contributed by atoms with Crippen LogP contribution in [0.25, 0.3) is 0 Å². The summed E-state index contributed by atoms with van der Waals surface area (Å²) in [5.74, 6) is -2.64. The Balaban J connectivity index is 0.000000459. The number of carbonyl (C=O) groups excluding carboxylic acids is 1. The molecule has 0 saturated carbocycles. The van der Waals surface area contributed by atoms with Crippen molar-refractivity contribution >= 4 is 17.8 Å². The highest BCUT2D eigenvalue weighted by atomic mass is 16.4. The summed E-state index contributed by atoms with van der Waals surface area (Å²) in [5, 5.41) is 17.4. The number of carboxylic acids is 2. The molecule has 1 aromatic heterocycles. The predicted molar refractivity (Wildman–Crippen MR) is 83.6 cm³/mol. The SMILES string of the molecule is CC(C)(C)[C@](N)(CCC(=O)O)C(=O)O.NC(=O)c1cccnc1. The van der Waals surface area contributed by atoms with Gasteiger partial charge in [0, 0.05) is 18.8 Å². The summed E-state index contributed by atoms with van der Waals surface area (Å²) in [6.07, 6.45) is 2.72. The molecule has 0 fully saturated rings. The van der Waals surface area contributed by atoms with E-state index in [0.717, 1.165) is 0 Å². The number of amides is 1. The zero-order valence-electron chi connectivity index (χ0n) is 13.4. The van der Waals surface area contributed by atoms with Gasteiger partial charge in [-0.05, 0) is 24.0 Å². The number of pyridine rings is 1. The molecule has 0 unspecified atom stereocenters. The number of rotatable bonds is 5. The van der Waals surface area contributed by atoms with Gasteiger partial charge in [0.1, 0.15) is 5.54 Å². The molecule has 6 N–H and O–H groups in total. The summed E-state index contributed by atoms with van der Waals surface area (Å²) >= 11 is 0. The van der Waals surface area contributed by atoms with Crippen LogP contribution < -0.4 is 11.5 Å². The monoisotopic (exact) mass is 325 g/mol. The molecule has 1 rings (SSSR count). The summed E-state index contributed by atoms with van der Waals surface area (Å²) in [5.41, 5.74) is 8.91. The van der Waals surface area contributed by atoms with Crippen LogP contribution in [-0.4, -0.2) is 38.6 Å². The maximum absolute atomic E-state index is 11.0. The zero-order chi connectivity index (χ0) is 18.3. The molecular weight excluding hydrogens is 302 g/mol. The highest BCUT2D eigenvalue weighted by molar-refractivity contribution is 5.92. The van der Waals surface area contributed by atoms with E-state index in [9.17, 15) is 14.4 Å². The quantitative estimate of drug-likeness (QED) is 0.625. The van der Waals surface area contributed by atoms with E-state index in [4.69, 9.17) is 21.7 Å². The van der Waals surface area contributed by atoms with Gasteiger partial charge in [-0.3, -0.25) is 19.4 Å². The standard InChI is InChI=1S/C9H17NO4.C6H6N2O/c1-8(2,3)9(10,7(13)14)5-4-6(11)12;7-6(9)5-2-1-3-8-4-5/h4-5,10H2,1-3H3,(H,11,12)(H,13,14);1-4H,(H2,7,9)/t9-;/m0./s1. The third-order valence-electron chi connectivity index (χ3n) is 3.40. The normalized spacial score (nSPS) is 13.2. The molecule has 23 heavy (non-hydrogen) atoms. The number of hydrogen-bond donors (Lipinski definition) is 4. The molecule has 1 aromatic rings. The number of carbonyl (C=O) groups is 3. The van der Waals surface area contributed by atoms with Gasteiger partial charge in [-0.2, -0.15) is 0 Å². The van der Waals surface area contributed by atoms with Crippen molar-refractivity contribution in [1.29, 1.82) is 0 Å². The van der Waals surface area contributed by atoms with Crippen LogP contribution in [0, 0.1) is 5.41 Å². The van der Waals surface area contributed by atoms with Gasteiger partial charge in [0.2, 0.25) is 5.91 Å². The van der Waals surface area contributed by atoms with Crippen LogP contribution in [0.2, 0.25) is 0 Å². The average Bonchev–Trinajstić information content (AvgIpc) is 2.44. The maximum atomic E-state index is 11.0. The molecule has 8 heteroatoms. The van der Waals surface area contributed by atoms with Gasteiger partial charge < -0.3 is 21.7 Å². The minimum absolute atomic E-state index is 0.0683. The van der Waals surface area contributed by atoms with Crippen molar-refractivity contribution in [2.75, 3.05) is 0 Å². The Bertz CT molecular complexity index is 554. The van der Waals surface area contributed by atoms with Crippen LogP contribution in [0.1, 0.15) is 44.0 Å². The summed E-state index contributed by atoms with van der Waals surface area (Å²) in [4.78, 5) is 35.4. The van der Waals surface area contributed by atoms with Gasteiger partial charge in [0.25, 0.3) is 0 Å². The molecule has 1 heterocycles. The lowest BCUT2D eigenvalue weighted by Gasteiger charge is -2.37. The van der Waals surface area contributed by atoms with Crippen LogP contribution in [0.3, 0.4) is 0 Å². The van der Waals surface area contributed by atoms with Crippen molar-refractivity contribution in [3.63, 3.8) is 0 Å². The van der Waals surface area contributed by atoms with Gasteiger partial charge in [-0.15, -0.1) is 0 Å². The first kappa shape index (κ1) is 20.5. The number of aromatic nitrogens is 1. The molecule has 0 spiro atoms. The van der Waals surface area contributed by atoms with E-state index in [1.54, 1.807) is 39.1 Å². The van der Waals surface area contributed by atoms with E-state index in [2.05, 4.69) is 4.98 Å². The molecule has 0 aliphatic heterocycles. The van der Waals surface area contributed by atoms with E-state index in [-0.39, 0.29) is 12.8 Å². The smallest absolute Gasteiger partial charge is 0.324 e. The first-order valence-electron chi connectivity index (χ1n) is 6.85. The lowest BCUT2D eigenvalue weighted by atomic mass is 9.71. The third kappa shape index (κ3) is 6.43. The second-order valence-electron chi connectivity index (χ2n) is 6.03. The van der Waals surface area contributed by atoms with Gasteiger partial charge in [0.15, 0.2) is 0 Å². The number of carboxylic acid groups (broad SMARTS) is 2. The Kier molecular flexibility index (Phi) is 7.34. The number of hydrogen-bond acceptors (Lipinski definition) is 5. The highest BCUT2D eigenvalue weighted by Gasteiger charge is 2.45. The topological polar surface area (TPSA) is 157 Å². The summed E-state index contributed by atoms with van der Waals surface area (Å²) in [6, 6.07) is 3.29. The summed E-state index contributed by atoms with van der Waals surface area (Å²) in [6.45, 7) is 5.05. The van der Waals surface area contributed by atoms with Crippen LogP contribution in [0.15, 0.2) is 24.5 Å². The molecule has 128 valence electrons. The van der Waals surface area contributed by atoms with Crippen molar-refractivity contribution < 1.29 is 24.6 Å². The molecule has 0 bridgehead atoms. The number of primary amides is 1. The van der Waals surface area contributed by atoms with Gasteiger partial charge in [0.05, 0.1) is 5.56 Å². The minimum Gasteiger partial charge on any atom is -0.481 e. The van der Waals surface area contributed by atoms with E-state index >= 15 is 0 Å². The van der Waals surface area contributed by atoms with Gasteiger partial charge in [-0.25, -0.2) is 0 Å². The Labute approximate surface area is 134 Å². The van der Waals surface area contributed by atoms with Crippen molar-refractivity contribution in [1.82, 2.24) is 4.98 Å². The van der Waals surface area contributed by atoms with Crippen molar-refractivity contribution in [2.45, 2.75) is 39.2 Å². The fourth-order valence-corrected chi connectivity index (χ4v) is 1.62. The lowest BCUT2D eigenvalue weighted by Crippen LogP contribution is -2.57. The largest absolute Gasteiger partial charge is 0.481 e. The molecule has 1 atom stereocenters. The van der Waals surface area contributed by atoms with E-state index in [1.807, 2.05) is 0 Å². The van der Waals surface area contributed by atoms with E-state index in [0.29, 0.717) is 5.56 Å². The fourth-order valence-electron chi connectivity index (χ4n) is 1.62. The Morgan fingerprint density at radius 2 is 1.78 bits per heavy atom. The molecule has 8 nitrogen and oxygen atoms in total. The van der Waals surface area contributed by atoms with E-state index in [1.165, 1.54) is 6.20 Å². The first-order chi connectivity index (χ1) is 10.4. The van der Waals surface area contributed by atoms with Gasteiger partial charge >= 0.3 is 11.9 Å². The third-order valence-corrected chi connectivity index (χ3v) is 3.40. The predicted octanol–water partition coefficient (Wildman–Crippen LogP) is 0.860. The number of aliphatic carboxylic acids is 2. The zero-order valence-corrected chi connectivity index (χ0v) is 13.4. The summed E-state index contributed by atoms with van der Waals surface area (Å²) in [7, 11) is 0. The number of nitrogens with two attached hydrogens (primary N) is 2. The van der Waals surface area contributed by atoms with Crippen LogP contribution in [0.4, 0.5) is 0 Å². The van der Waals surface area contributed by atoms with Crippen molar-refractivity contribution in [3.8, 4) is 0 Å². The van der Waals surface area contributed by atoms with Crippen LogP contribution in [-0.2, 0) is 9.59 Å². The maximum Gasteiger partial charge on any atom is 0.324 e. The average molecular weight is 325 g/mol. The highest BCUT2D eigenvalue weighted by Crippen LogP contribution is 2.32. The Hall–Kier alpha value is -2.48. The molecule has 0 aromatic carbocycles. The molecule has 0 radical (unpaired) electrons. The minimum atomic E-state index is -1.49.